The van der Waals surface area contributed by atoms with Crippen LogP contribution in [0.15, 0.2) is 33.2 Å². The van der Waals surface area contributed by atoms with Crippen molar-refractivity contribution in [1.29, 1.82) is 0 Å². The van der Waals surface area contributed by atoms with Crippen molar-refractivity contribution in [3.05, 3.63) is 39.3 Å². The molecule has 0 bridgehead atoms. The largest absolute Gasteiger partial charge is 0.493 e. The van der Waals surface area contributed by atoms with Crippen LogP contribution in [0.3, 0.4) is 0 Å². The highest BCUT2D eigenvalue weighted by Gasteiger charge is 2.07. The second-order valence-electron chi connectivity index (χ2n) is 4.39. The van der Waals surface area contributed by atoms with Crippen molar-refractivity contribution >= 4 is 44.6 Å². The first-order valence-electron chi connectivity index (χ1n) is 6.85. The number of carbonyl (C=O) groups is 1. The van der Waals surface area contributed by atoms with Gasteiger partial charge < -0.3 is 9.47 Å². The Morgan fingerprint density at radius 3 is 3.04 bits per heavy atom. The molecule has 1 aromatic heterocycles. The zero-order valence-corrected chi connectivity index (χ0v) is 15.1. The lowest BCUT2D eigenvalue weighted by molar-refractivity contribution is -0.139. The summed E-state index contributed by atoms with van der Waals surface area (Å²) in [6, 6.07) is 5.71. The number of nitrogens with one attached hydrogen (secondary N) is 1. The van der Waals surface area contributed by atoms with Crippen LogP contribution in [0.4, 0.5) is 5.13 Å². The van der Waals surface area contributed by atoms with Crippen molar-refractivity contribution < 1.29 is 14.3 Å². The van der Waals surface area contributed by atoms with Crippen LogP contribution in [-0.2, 0) is 16.0 Å². The molecular formula is C15H16BrN3O3S. The zero-order valence-electron chi connectivity index (χ0n) is 12.7. The average Bonchev–Trinajstić information content (AvgIpc) is 2.97. The maximum Gasteiger partial charge on any atom is 0.311 e. The molecule has 1 heterocycles. The number of carbonyl (C=O) groups excluding carboxylic acids is 1. The van der Waals surface area contributed by atoms with Gasteiger partial charge in [-0.2, -0.15) is 5.10 Å². The molecule has 23 heavy (non-hydrogen) atoms. The second-order valence-corrected chi connectivity index (χ2v) is 6.10. The van der Waals surface area contributed by atoms with Crippen molar-refractivity contribution in [2.45, 2.75) is 13.3 Å². The van der Waals surface area contributed by atoms with E-state index >= 15 is 0 Å². The SMILES string of the molecule is CCOc1ccc(/C=N\Nc2nc(CC(=O)OC)cs2)cc1Br. The fraction of sp³-hybridized carbons (Fsp3) is 0.267. The third-order valence-electron chi connectivity index (χ3n) is 2.73. The van der Waals surface area contributed by atoms with E-state index in [1.165, 1.54) is 18.4 Å². The predicted molar refractivity (Wildman–Crippen MR) is 94.4 cm³/mol. The molecule has 0 spiro atoms. The number of hydrogen-bond acceptors (Lipinski definition) is 7. The van der Waals surface area contributed by atoms with Crippen LogP contribution in [0.25, 0.3) is 0 Å². The van der Waals surface area contributed by atoms with Crippen molar-refractivity contribution in [1.82, 2.24) is 4.98 Å². The number of esters is 1. The maximum absolute atomic E-state index is 11.2. The summed E-state index contributed by atoms with van der Waals surface area (Å²) in [7, 11) is 1.35. The standard InChI is InChI=1S/C15H16BrN3O3S/c1-3-22-13-5-4-10(6-12(13)16)8-17-19-15-18-11(9-23-15)7-14(20)21-2/h4-6,8-9H,3,7H2,1-2H3,(H,18,19)/b17-8-. The first kappa shape index (κ1) is 17.4. The molecule has 0 aliphatic carbocycles. The molecule has 0 fully saturated rings. The number of thiazole rings is 1. The molecule has 6 nitrogen and oxygen atoms in total. The Balaban J connectivity index is 1.94. The van der Waals surface area contributed by atoms with Gasteiger partial charge in [-0.15, -0.1) is 11.3 Å². The monoisotopic (exact) mass is 397 g/mol. The van der Waals surface area contributed by atoms with Crippen molar-refractivity contribution in [2.75, 3.05) is 19.1 Å². The van der Waals surface area contributed by atoms with Crippen LogP contribution in [0.5, 0.6) is 5.75 Å². The Morgan fingerprint density at radius 2 is 2.35 bits per heavy atom. The zero-order chi connectivity index (χ0) is 16.7. The summed E-state index contributed by atoms with van der Waals surface area (Å²) >= 11 is 4.83. The van der Waals surface area contributed by atoms with E-state index < -0.39 is 0 Å². The number of benzene rings is 1. The van der Waals surface area contributed by atoms with E-state index in [1.807, 2.05) is 25.1 Å². The molecule has 2 rings (SSSR count). The highest BCUT2D eigenvalue weighted by molar-refractivity contribution is 9.10. The number of nitrogens with zero attached hydrogens (tertiary/aromatic N) is 2. The van der Waals surface area contributed by atoms with Crippen molar-refractivity contribution in [3.63, 3.8) is 0 Å². The topological polar surface area (TPSA) is 72.8 Å². The first-order chi connectivity index (χ1) is 11.1. The van der Waals surface area contributed by atoms with Gasteiger partial charge in [0.2, 0.25) is 5.13 Å². The van der Waals surface area contributed by atoms with E-state index in [0.29, 0.717) is 17.4 Å². The first-order valence-corrected chi connectivity index (χ1v) is 8.52. The number of ether oxygens (including phenoxy) is 2. The Kier molecular flexibility index (Phi) is 6.54. The van der Waals surface area contributed by atoms with E-state index in [0.717, 1.165) is 15.8 Å². The third kappa shape index (κ3) is 5.33. The van der Waals surface area contributed by atoms with E-state index in [-0.39, 0.29) is 12.4 Å². The average molecular weight is 398 g/mol. The molecule has 1 aromatic carbocycles. The molecule has 0 atom stereocenters. The van der Waals surface area contributed by atoms with Gasteiger partial charge in [0.25, 0.3) is 0 Å². The van der Waals surface area contributed by atoms with Gasteiger partial charge in [0.05, 0.1) is 36.5 Å². The second kappa shape index (κ2) is 8.64. The number of halogens is 1. The molecular weight excluding hydrogens is 382 g/mol. The quantitative estimate of drug-likeness (QED) is 0.439. The summed E-state index contributed by atoms with van der Waals surface area (Å²) in [5.41, 5.74) is 4.41. The predicted octanol–water partition coefficient (Wildman–Crippen LogP) is 3.47. The third-order valence-corrected chi connectivity index (χ3v) is 4.15. The van der Waals surface area contributed by atoms with Gasteiger partial charge >= 0.3 is 5.97 Å². The van der Waals surface area contributed by atoms with Gasteiger partial charge in [-0.3, -0.25) is 10.2 Å². The van der Waals surface area contributed by atoms with Gasteiger partial charge in [-0.05, 0) is 46.6 Å². The Labute approximate surface area is 146 Å². The van der Waals surface area contributed by atoms with Crippen molar-refractivity contribution in [3.8, 4) is 5.75 Å². The molecule has 0 aliphatic heterocycles. The Morgan fingerprint density at radius 1 is 1.52 bits per heavy atom. The fourth-order valence-corrected chi connectivity index (χ4v) is 2.86. The lowest BCUT2D eigenvalue weighted by Crippen LogP contribution is -2.04. The van der Waals surface area contributed by atoms with E-state index in [4.69, 9.17) is 4.74 Å². The molecule has 1 N–H and O–H groups in total. The number of hydrazone groups is 1. The van der Waals surface area contributed by atoms with Gasteiger partial charge in [-0.1, -0.05) is 0 Å². The van der Waals surface area contributed by atoms with Gasteiger partial charge in [0.15, 0.2) is 0 Å². The summed E-state index contributed by atoms with van der Waals surface area (Å²) in [4.78, 5) is 15.4. The van der Waals surface area contributed by atoms with Crippen LogP contribution in [0.2, 0.25) is 0 Å². The number of anilines is 1. The molecule has 122 valence electrons. The number of methoxy groups -OCH3 is 1. The van der Waals surface area contributed by atoms with Crippen molar-refractivity contribution in [2.24, 2.45) is 5.10 Å². The van der Waals surface area contributed by atoms with Crippen LogP contribution in [0.1, 0.15) is 18.2 Å². The summed E-state index contributed by atoms with van der Waals surface area (Å²) in [6.07, 6.45) is 1.84. The van der Waals surface area contributed by atoms with Gasteiger partial charge in [0.1, 0.15) is 5.75 Å². The van der Waals surface area contributed by atoms with E-state index in [9.17, 15) is 4.79 Å². The minimum Gasteiger partial charge on any atom is -0.493 e. The van der Waals surface area contributed by atoms with Crippen LogP contribution in [-0.4, -0.2) is 30.9 Å². The molecule has 2 aromatic rings. The molecule has 0 unspecified atom stereocenters. The summed E-state index contributed by atoms with van der Waals surface area (Å²) < 4.78 is 10.9. The summed E-state index contributed by atoms with van der Waals surface area (Å²) in [5, 5.41) is 6.55. The molecule has 0 saturated heterocycles. The Hall–Kier alpha value is -1.93. The van der Waals surface area contributed by atoms with Crippen LogP contribution < -0.4 is 10.2 Å². The lowest BCUT2D eigenvalue weighted by Gasteiger charge is -2.05. The summed E-state index contributed by atoms with van der Waals surface area (Å²) in [6.45, 7) is 2.56. The molecule has 0 amide bonds. The Bertz CT molecular complexity index is 703. The van der Waals surface area contributed by atoms with E-state index in [2.05, 4.69) is 36.2 Å². The highest BCUT2D eigenvalue weighted by atomic mass is 79.9. The smallest absolute Gasteiger partial charge is 0.311 e. The fourth-order valence-electron chi connectivity index (χ4n) is 1.69. The van der Waals surface area contributed by atoms with Crippen LogP contribution >= 0.6 is 27.3 Å². The van der Waals surface area contributed by atoms with Crippen LogP contribution in [0, 0.1) is 0 Å². The number of hydrogen-bond donors (Lipinski definition) is 1. The maximum atomic E-state index is 11.2. The number of rotatable bonds is 7. The molecule has 8 heteroatoms. The minimum atomic E-state index is -0.315. The van der Waals surface area contributed by atoms with Gasteiger partial charge in [0, 0.05) is 5.38 Å². The highest BCUT2D eigenvalue weighted by Crippen LogP contribution is 2.25. The minimum absolute atomic E-state index is 0.157. The molecule has 0 saturated carbocycles. The number of aromatic nitrogens is 1. The molecule has 0 radical (unpaired) electrons. The normalized spacial score (nSPS) is 10.7. The van der Waals surface area contributed by atoms with Gasteiger partial charge in [-0.25, -0.2) is 4.98 Å². The van der Waals surface area contributed by atoms with E-state index in [1.54, 1.807) is 11.6 Å². The summed E-state index contributed by atoms with van der Waals surface area (Å²) in [5.74, 6) is 0.481. The lowest BCUT2D eigenvalue weighted by atomic mass is 10.2. The molecule has 0 aliphatic rings.